The smallest absolute Gasteiger partial charge is 0.330 e. The van der Waals surface area contributed by atoms with Crippen molar-refractivity contribution in [2.75, 3.05) is 6.61 Å². The van der Waals surface area contributed by atoms with E-state index in [-0.39, 0.29) is 5.97 Å². The zero-order valence-electron chi connectivity index (χ0n) is 10.7. The highest BCUT2D eigenvalue weighted by atomic mass is 16.5. The zero-order chi connectivity index (χ0) is 12.0. The van der Waals surface area contributed by atoms with Crippen LogP contribution in [0.2, 0.25) is 0 Å². The third-order valence-electron chi connectivity index (χ3n) is 5.67. The third kappa shape index (κ3) is 1.73. The van der Waals surface area contributed by atoms with Crippen LogP contribution in [0.25, 0.3) is 0 Å². The Morgan fingerprint density at radius 3 is 2.59 bits per heavy atom. The minimum absolute atomic E-state index is 0.257. The molecule has 2 nitrogen and oxygen atoms in total. The van der Waals surface area contributed by atoms with Crippen LogP contribution in [-0.4, -0.2) is 12.6 Å². The van der Waals surface area contributed by atoms with E-state index in [1.54, 1.807) is 0 Å². The first-order valence-corrected chi connectivity index (χ1v) is 6.92. The van der Waals surface area contributed by atoms with Crippen LogP contribution in [0, 0.1) is 29.1 Å². The summed E-state index contributed by atoms with van der Waals surface area (Å²) in [6.45, 7) is 6.48. The first kappa shape index (κ1) is 11.3. The maximum Gasteiger partial charge on any atom is 0.330 e. The standard InChI is InChI=1S/C15H22O2/c1-3-14(16)17-9-15-7-11-4-12(8-15)6-13(5-11)10(15)2/h3,10-13H,1,4-9H2,2H3. The quantitative estimate of drug-likeness (QED) is 0.554. The van der Waals surface area contributed by atoms with Crippen LogP contribution in [0.4, 0.5) is 0 Å². The molecule has 0 saturated heterocycles. The number of rotatable bonds is 3. The topological polar surface area (TPSA) is 26.3 Å². The van der Waals surface area contributed by atoms with Crippen molar-refractivity contribution in [3.63, 3.8) is 0 Å². The van der Waals surface area contributed by atoms with Gasteiger partial charge in [-0.2, -0.15) is 0 Å². The van der Waals surface area contributed by atoms with Gasteiger partial charge in [0.05, 0.1) is 6.61 Å². The fraction of sp³-hybridized carbons (Fsp3) is 0.800. The molecule has 0 amide bonds. The van der Waals surface area contributed by atoms with E-state index in [0.717, 1.165) is 23.7 Å². The van der Waals surface area contributed by atoms with Crippen molar-refractivity contribution in [2.45, 2.75) is 39.0 Å². The van der Waals surface area contributed by atoms with Gasteiger partial charge in [0, 0.05) is 11.5 Å². The van der Waals surface area contributed by atoms with Gasteiger partial charge in [0.15, 0.2) is 0 Å². The molecular weight excluding hydrogens is 212 g/mol. The molecule has 0 aromatic rings. The van der Waals surface area contributed by atoms with Crippen LogP contribution in [0.5, 0.6) is 0 Å². The number of esters is 1. The predicted octanol–water partition coefficient (Wildman–Crippen LogP) is 3.18. The van der Waals surface area contributed by atoms with Gasteiger partial charge in [0.1, 0.15) is 0 Å². The molecule has 0 aromatic heterocycles. The fourth-order valence-electron chi connectivity index (χ4n) is 4.99. The fourth-order valence-corrected chi connectivity index (χ4v) is 4.99. The van der Waals surface area contributed by atoms with E-state index in [4.69, 9.17) is 4.74 Å². The second kappa shape index (κ2) is 3.86. The highest BCUT2D eigenvalue weighted by molar-refractivity contribution is 5.81. The van der Waals surface area contributed by atoms with Crippen LogP contribution in [0.15, 0.2) is 12.7 Å². The van der Waals surface area contributed by atoms with Crippen molar-refractivity contribution in [3.05, 3.63) is 12.7 Å². The van der Waals surface area contributed by atoms with Gasteiger partial charge in [-0.15, -0.1) is 0 Å². The lowest BCUT2D eigenvalue weighted by Gasteiger charge is -2.60. The monoisotopic (exact) mass is 234 g/mol. The van der Waals surface area contributed by atoms with Gasteiger partial charge < -0.3 is 4.74 Å². The van der Waals surface area contributed by atoms with Crippen LogP contribution in [0.1, 0.15) is 39.0 Å². The van der Waals surface area contributed by atoms with Gasteiger partial charge in [0.2, 0.25) is 0 Å². The molecule has 2 heteroatoms. The average molecular weight is 234 g/mol. The van der Waals surface area contributed by atoms with E-state index in [1.807, 2.05) is 0 Å². The SMILES string of the molecule is C=CC(=O)OCC12CC3CC(CC(C3)C1C)C2. The molecule has 4 bridgehead atoms. The summed E-state index contributed by atoms with van der Waals surface area (Å²) in [5.41, 5.74) is 0.299. The second-order valence-corrected chi connectivity index (χ2v) is 6.57. The summed E-state index contributed by atoms with van der Waals surface area (Å²) in [6.07, 6.45) is 8.13. The minimum Gasteiger partial charge on any atom is -0.462 e. The highest BCUT2D eigenvalue weighted by Crippen LogP contribution is 2.62. The summed E-state index contributed by atoms with van der Waals surface area (Å²) in [4.78, 5) is 11.3. The molecule has 0 heterocycles. The molecule has 0 radical (unpaired) electrons. The molecule has 3 unspecified atom stereocenters. The number of hydrogen-bond donors (Lipinski definition) is 0. The molecule has 94 valence electrons. The Balaban J connectivity index is 1.76. The van der Waals surface area contributed by atoms with Gasteiger partial charge in [-0.3, -0.25) is 0 Å². The van der Waals surface area contributed by atoms with Gasteiger partial charge in [-0.1, -0.05) is 13.5 Å². The molecule has 4 aliphatic rings. The van der Waals surface area contributed by atoms with Crippen LogP contribution in [0.3, 0.4) is 0 Å². The number of carbonyl (C=O) groups is 1. The first-order valence-electron chi connectivity index (χ1n) is 6.92. The lowest BCUT2D eigenvalue weighted by atomic mass is 9.46. The second-order valence-electron chi connectivity index (χ2n) is 6.57. The molecule has 0 spiro atoms. The summed E-state index contributed by atoms with van der Waals surface area (Å²) in [5.74, 6) is 3.18. The van der Waals surface area contributed by atoms with Crippen molar-refractivity contribution in [2.24, 2.45) is 29.1 Å². The Bertz CT molecular complexity index is 333. The highest BCUT2D eigenvalue weighted by Gasteiger charge is 2.55. The van der Waals surface area contributed by atoms with Crippen molar-refractivity contribution >= 4 is 5.97 Å². The van der Waals surface area contributed by atoms with Crippen molar-refractivity contribution in [1.82, 2.24) is 0 Å². The minimum atomic E-state index is -0.257. The molecule has 0 N–H and O–H groups in total. The largest absolute Gasteiger partial charge is 0.462 e. The van der Waals surface area contributed by atoms with E-state index in [9.17, 15) is 4.79 Å². The van der Waals surface area contributed by atoms with Gasteiger partial charge in [-0.05, 0) is 55.8 Å². The molecule has 3 atom stereocenters. The van der Waals surface area contributed by atoms with E-state index in [1.165, 1.54) is 38.2 Å². The van der Waals surface area contributed by atoms with Crippen LogP contribution < -0.4 is 0 Å². The zero-order valence-corrected chi connectivity index (χ0v) is 10.7. The summed E-state index contributed by atoms with van der Waals surface area (Å²) in [7, 11) is 0. The molecule has 4 aliphatic carbocycles. The summed E-state index contributed by atoms with van der Waals surface area (Å²) >= 11 is 0. The lowest BCUT2D eigenvalue weighted by Crippen LogP contribution is -2.53. The van der Waals surface area contributed by atoms with E-state index in [2.05, 4.69) is 13.5 Å². The summed E-state index contributed by atoms with van der Waals surface area (Å²) < 4.78 is 5.39. The van der Waals surface area contributed by atoms with Crippen LogP contribution in [-0.2, 0) is 9.53 Å². The molecule has 4 saturated carbocycles. The van der Waals surface area contributed by atoms with E-state index >= 15 is 0 Å². The number of ether oxygens (including phenoxy) is 1. The molecule has 0 aliphatic heterocycles. The van der Waals surface area contributed by atoms with Gasteiger partial charge >= 0.3 is 5.97 Å². The lowest BCUT2D eigenvalue weighted by molar-refractivity contribution is -0.160. The van der Waals surface area contributed by atoms with E-state index < -0.39 is 0 Å². The molecule has 4 rings (SSSR count). The average Bonchev–Trinajstić information content (AvgIpc) is 2.32. The van der Waals surface area contributed by atoms with Crippen molar-refractivity contribution in [1.29, 1.82) is 0 Å². The van der Waals surface area contributed by atoms with Crippen LogP contribution >= 0.6 is 0 Å². The Morgan fingerprint density at radius 1 is 1.35 bits per heavy atom. The first-order chi connectivity index (χ1) is 8.13. The molecular formula is C15H22O2. The van der Waals surface area contributed by atoms with Crippen molar-refractivity contribution in [3.8, 4) is 0 Å². The van der Waals surface area contributed by atoms with E-state index in [0.29, 0.717) is 12.0 Å². The molecule has 0 aromatic carbocycles. The third-order valence-corrected chi connectivity index (χ3v) is 5.67. The maximum atomic E-state index is 11.3. The van der Waals surface area contributed by atoms with Gasteiger partial charge in [-0.25, -0.2) is 4.79 Å². The normalized spacial score (nSPS) is 46.9. The Morgan fingerprint density at radius 2 is 2.00 bits per heavy atom. The molecule has 17 heavy (non-hydrogen) atoms. The molecule has 4 fully saturated rings. The summed E-state index contributed by atoms with van der Waals surface area (Å²) in [5, 5.41) is 0. The van der Waals surface area contributed by atoms with Gasteiger partial charge in [0.25, 0.3) is 0 Å². The Hall–Kier alpha value is -0.790. The summed E-state index contributed by atoms with van der Waals surface area (Å²) in [6, 6.07) is 0. The maximum absolute atomic E-state index is 11.3. The van der Waals surface area contributed by atoms with Crippen molar-refractivity contribution < 1.29 is 9.53 Å². The number of hydrogen-bond acceptors (Lipinski definition) is 2. The number of carbonyl (C=O) groups excluding carboxylic acids is 1. The Labute approximate surface area is 103 Å². The predicted molar refractivity (Wildman–Crippen MR) is 66.3 cm³/mol. The Kier molecular flexibility index (Phi) is 2.57.